The Morgan fingerprint density at radius 2 is 0.905 bits per heavy atom. The average molecular weight is 1100 g/mol. The van der Waals surface area contributed by atoms with Gasteiger partial charge in [0.05, 0.1) is 11.2 Å². The molecule has 2 atom stereocenters. The maximum Gasteiger partial charge on any atom is 0.252 e. The van der Waals surface area contributed by atoms with Gasteiger partial charge < -0.3 is 14.7 Å². The number of aryl methyl sites for hydroxylation is 1. The minimum absolute atomic E-state index is 0.0104. The van der Waals surface area contributed by atoms with Crippen molar-refractivity contribution in [3.63, 3.8) is 0 Å². The topological polar surface area (TPSA) is 9.72 Å². The molecule has 0 bridgehead atoms. The largest absolute Gasteiger partial charge is 0.334 e. The molecule has 0 aromatic heterocycles. The van der Waals surface area contributed by atoms with Crippen LogP contribution in [0.2, 0.25) is 0 Å². The third-order valence-electron chi connectivity index (χ3n) is 22.5. The van der Waals surface area contributed by atoms with Gasteiger partial charge in [-0.25, -0.2) is 0 Å². The lowest BCUT2D eigenvalue weighted by atomic mass is 9.33. The third-order valence-corrected chi connectivity index (χ3v) is 22.5. The van der Waals surface area contributed by atoms with Crippen molar-refractivity contribution in [2.24, 2.45) is 0 Å². The summed E-state index contributed by atoms with van der Waals surface area (Å²) >= 11 is 0. The van der Waals surface area contributed by atoms with E-state index in [1.165, 1.54) is 154 Å². The number of fused-ring (bicyclic) bond motifs is 9. The maximum atomic E-state index is 2.88. The Bertz CT molecular complexity index is 4030. The Hall–Kier alpha value is -6.78. The zero-order valence-electron chi connectivity index (χ0n) is 53.8. The molecule has 0 amide bonds. The summed E-state index contributed by atoms with van der Waals surface area (Å²) in [5.74, 6) is 0. The predicted molar refractivity (Wildman–Crippen MR) is 362 cm³/mol. The number of nitrogens with zero attached hydrogens (tertiary/aromatic N) is 3. The average Bonchev–Trinajstić information content (AvgIpc) is 1.20. The minimum atomic E-state index is -0.179. The van der Waals surface area contributed by atoms with Crippen LogP contribution in [0.15, 0.2) is 152 Å². The molecule has 4 heteroatoms. The van der Waals surface area contributed by atoms with E-state index in [1.807, 2.05) is 0 Å². The maximum absolute atomic E-state index is 2.88. The lowest BCUT2D eigenvalue weighted by molar-refractivity contribution is 0.195. The summed E-state index contributed by atoms with van der Waals surface area (Å²) in [6.45, 7) is 41.8. The SMILES string of the molecule is Cc1cc2c(cc1N1c3ccc(-c4ccccc4)cc3B3c4cc5c(cc4N(c4ccc(C(C)(C)C)cc4-c4ccccc4)c4cc(N6c7ccc(C(C)(C)C)cc7C7(C)CCCCC67C)cc1c43)C(C)(C)CC5(C)C)C(C)(C)CCC2(C)C. The van der Waals surface area contributed by atoms with Crippen molar-refractivity contribution < 1.29 is 0 Å². The first kappa shape index (κ1) is 55.1. The van der Waals surface area contributed by atoms with Gasteiger partial charge in [-0.2, -0.15) is 0 Å². The van der Waals surface area contributed by atoms with Gasteiger partial charge in [0.1, 0.15) is 0 Å². The zero-order chi connectivity index (χ0) is 59.2. The molecule has 84 heavy (non-hydrogen) atoms. The molecule has 8 aromatic carbocycles. The summed E-state index contributed by atoms with van der Waals surface area (Å²) in [5.41, 5.74) is 30.7. The number of hydrogen-bond donors (Lipinski definition) is 0. The number of hydrogen-bond acceptors (Lipinski definition) is 3. The van der Waals surface area contributed by atoms with Crippen molar-refractivity contribution in [3.8, 4) is 22.3 Å². The third kappa shape index (κ3) is 8.03. The highest BCUT2D eigenvalue weighted by molar-refractivity contribution is 7.00. The Morgan fingerprint density at radius 1 is 0.393 bits per heavy atom. The van der Waals surface area contributed by atoms with Gasteiger partial charge in [0.2, 0.25) is 0 Å². The highest BCUT2D eigenvalue weighted by atomic mass is 15.3. The fraction of sp³-hybridized carbons (Fsp3) is 0.400. The molecular weight excluding hydrogens is 1010 g/mol. The van der Waals surface area contributed by atoms with Crippen molar-refractivity contribution >= 4 is 68.6 Å². The monoisotopic (exact) mass is 1100 g/mol. The second-order valence-electron chi connectivity index (χ2n) is 32.0. The van der Waals surface area contributed by atoms with Gasteiger partial charge in [-0.05, 0) is 205 Å². The molecule has 3 aliphatic heterocycles. The van der Waals surface area contributed by atoms with Gasteiger partial charge in [0, 0.05) is 50.8 Å². The van der Waals surface area contributed by atoms with Crippen molar-refractivity contribution in [3.05, 3.63) is 196 Å². The number of rotatable bonds is 5. The molecule has 14 rings (SSSR count). The summed E-state index contributed by atoms with van der Waals surface area (Å²) in [5, 5.41) is 0. The molecule has 0 spiro atoms. The van der Waals surface area contributed by atoms with E-state index in [9.17, 15) is 0 Å². The van der Waals surface area contributed by atoms with E-state index >= 15 is 0 Å². The highest BCUT2D eigenvalue weighted by Gasteiger charge is 2.59. The molecule has 1 fully saturated rings. The summed E-state index contributed by atoms with van der Waals surface area (Å²) < 4.78 is 0. The van der Waals surface area contributed by atoms with Crippen LogP contribution in [-0.2, 0) is 37.9 Å². The molecule has 3 nitrogen and oxygen atoms in total. The number of anilines is 8. The molecule has 428 valence electrons. The normalized spacial score (nSPS) is 21.9. The van der Waals surface area contributed by atoms with Gasteiger partial charge in [-0.1, -0.05) is 220 Å². The van der Waals surface area contributed by atoms with E-state index in [0.717, 1.165) is 19.3 Å². The van der Waals surface area contributed by atoms with E-state index in [-0.39, 0.29) is 50.2 Å². The zero-order valence-corrected chi connectivity index (χ0v) is 53.8. The Kier molecular flexibility index (Phi) is 11.9. The summed E-state index contributed by atoms with van der Waals surface area (Å²) in [4.78, 5) is 8.42. The van der Waals surface area contributed by atoms with Crippen LogP contribution in [0, 0.1) is 6.92 Å². The fourth-order valence-corrected chi connectivity index (χ4v) is 17.5. The van der Waals surface area contributed by atoms with Crippen molar-refractivity contribution in [1.29, 1.82) is 0 Å². The van der Waals surface area contributed by atoms with E-state index in [4.69, 9.17) is 0 Å². The highest BCUT2D eigenvalue weighted by Crippen LogP contribution is 2.63. The van der Waals surface area contributed by atoms with E-state index in [0.29, 0.717) is 0 Å². The lowest BCUT2D eigenvalue weighted by Gasteiger charge is -2.51. The van der Waals surface area contributed by atoms with Gasteiger partial charge in [0.25, 0.3) is 6.71 Å². The second-order valence-corrected chi connectivity index (χ2v) is 32.0. The van der Waals surface area contributed by atoms with Crippen LogP contribution in [0.5, 0.6) is 0 Å². The van der Waals surface area contributed by atoms with Gasteiger partial charge in [-0.15, -0.1) is 0 Å². The van der Waals surface area contributed by atoms with Crippen LogP contribution in [0.4, 0.5) is 45.5 Å². The first-order chi connectivity index (χ1) is 39.5. The standard InChI is InChI=1S/C80H90BN3/c1-50-40-58-60(76(10,11)39-38-75(58,8)9)47-68(50)83-67-33-30-53(51-26-20-18-21-27-51)41-63(67)81-64-46-59-61(78(14,15)49-77(59,12)13)48-69(64)82(65-34-31-54(73(2,3)4)42-57(65)52-28-22-19-23-29-52)70-44-56(45-71(83)72(70)81)84-66-35-32-55(74(5,6)7)43-62(66)79(16)36-24-25-37-80(79,84)17/h18-23,26-35,40-48H,24-25,36-39,49H2,1-17H3. The van der Waals surface area contributed by atoms with Gasteiger partial charge in [0.15, 0.2) is 0 Å². The van der Waals surface area contributed by atoms with E-state index in [1.54, 1.807) is 0 Å². The summed E-state index contributed by atoms with van der Waals surface area (Å²) in [6.07, 6.45) is 8.17. The van der Waals surface area contributed by atoms with Gasteiger partial charge in [-0.3, -0.25) is 0 Å². The minimum Gasteiger partial charge on any atom is -0.334 e. The second kappa shape index (κ2) is 18.1. The number of benzene rings is 8. The van der Waals surface area contributed by atoms with E-state index in [2.05, 4.69) is 284 Å². The van der Waals surface area contributed by atoms with Crippen LogP contribution in [-0.4, -0.2) is 12.3 Å². The Labute approximate surface area is 505 Å². The van der Waals surface area contributed by atoms with Crippen molar-refractivity contribution in [2.75, 3.05) is 14.7 Å². The first-order valence-corrected chi connectivity index (χ1v) is 32.0. The predicted octanol–water partition coefficient (Wildman–Crippen LogP) is 20.1. The van der Waals surface area contributed by atoms with Crippen molar-refractivity contribution in [2.45, 2.75) is 206 Å². The first-order valence-electron chi connectivity index (χ1n) is 32.0. The van der Waals surface area contributed by atoms with Crippen LogP contribution in [0.25, 0.3) is 22.3 Å². The molecular formula is C80H90BN3. The molecule has 8 aromatic rings. The van der Waals surface area contributed by atoms with Crippen molar-refractivity contribution in [1.82, 2.24) is 0 Å². The van der Waals surface area contributed by atoms with Crippen LogP contribution in [0.3, 0.4) is 0 Å². The van der Waals surface area contributed by atoms with E-state index < -0.39 is 0 Å². The summed E-state index contributed by atoms with van der Waals surface area (Å²) in [6, 6.07) is 61.0. The van der Waals surface area contributed by atoms with Gasteiger partial charge >= 0.3 is 0 Å². The fourth-order valence-electron chi connectivity index (χ4n) is 17.5. The molecule has 3 heterocycles. The van der Waals surface area contributed by atoms with Crippen LogP contribution < -0.4 is 31.1 Å². The molecule has 1 saturated carbocycles. The molecule has 2 unspecified atom stereocenters. The quantitative estimate of drug-likeness (QED) is 0.159. The molecule has 0 radical (unpaired) electrons. The molecule has 3 aliphatic carbocycles. The lowest BCUT2D eigenvalue weighted by Crippen LogP contribution is -2.62. The Balaban J connectivity index is 1.16. The molecule has 0 saturated heterocycles. The molecule has 6 aliphatic rings. The van der Waals surface area contributed by atoms with Crippen LogP contribution in [0.1, 0.15) is 200 Å². The Morgan fingerprint density at radius 3 is 1.54 bits per heavy atom. The molecule has 0 N–H and O–H groups in total. The smallest absolute Gasteiger partial charge is 0.252 e. The van der Waals surface area contributed by atoms with Crippen LogP contribution >= 0.6 is 0 Å². The summed E-state index contributed by atoms with van der Waals surface area (Å²) in [7, 11) is 0.